The Morgan fingerprint density at radius 1 is 1.33 bits per heavy atom. The molecule has 0 N–H and O–H groups in total. The fourth-order valence-electron chi connectivity index (χ4n) is 1.09. The topological polar surface area (TPSA) is 82.3 Å². The Kier molecular flexibility index (Phi) is 2.41. The van der Waals surface area contributed by atoms with Crippen LogP contribution < -0.4 is 0 Å². The molecule has 2 aromatic rings. The molecule has 6 nitrogen and oxygen atoms in total. The predicted octanol–water partition coefficient (Wildman–Crippen LogP) is 0.699. The number of hydrogen-bond acceptors (Lipinski definition) is 6. The molecule has 0 aliphatic rings. The highest BCUT2D eigenvalue weighted by Crippen LogP contribution is 2.12. The van der Waals surface area contributed by atoms with Crippen molar-refractivity contribution in [2.75, 3.05) is 6.26 Å². The molecule has 0 spiro atoms. The highest BCUT2D eigenvalue weighted by atomic mass is 32.2. The van der Waals surface area contributed by atoms with Crippen molar-refractivity contribution in [2.24, 2.45) is 0 Å². The molecule has 0 saturated carbocycles. The van der Waals surface area contributed by atoms with Crippen molar-refractivity contribution in [3.8, 4) is 0 Å². The molecule has 1 aromatic heterocycles. The van der Waals surface area contributed by atoms with Gasteiger partial charge in [0.15, 0.2) is 0 Å². The number of aromatic nitrogens is 2. The van der Waals surface area contributed by atoms with Crippen LogP contribution in [0.4, 0.5) is 0 Å². The van der Waals surface area contributed by atoms with Gasteiger partial charge in [-0.05, 0) is 28.0 Å². The molecule has 80 valence electrons. The zero-order chi connectivity index (χ0) is 10.9. The van der Waals surface area contributed by atoms with Crippen LogP contribution in [0.25, 0.3) is 11.0 Å². The van der Waals surface area contributed by atoms with Gasteiger partial charge in [0, 0.05) is 0 Å². The summed E-state index contributed by atoms with van der Waals surface area (Å²) in [5, 5.41) is 7.26. The Balaban J connectivity index is 2.21. The lowest BCUT2D eigenvalue weighted by Gasteiger charge is -2.00. The number of benzene rings is 1. The summed E-state index contributed by atoms with van der Waals surface area (Å²) in [4.78, 5) is 0. The molecule has 0 fully saturated rings. The van der Waals surface area contributed by atoms with Gasteiger partial charge in [0.2, 0.25) is 0 Å². The molecule has 0 atom stereocenters. The first kappa shape index (κ1) is 10.1. The standard InChI is InChI=1S/C8H8N2O4S/c1-15(11,12)13-5-6-2-3-7-8(4-6)10-14-9-7/h2-4H,5H2,1H3. The lowest BCUT2D eigenvalue weighted by molar-refractivity contribution is 0.311. The lowest BCUT2D eigenvalue weighted by atomic mass is 10.2. The molecule has 15 heavy (non-hydrogen) atoms. The maximum Gasteiger partial charge on any atom is 0.264 e. The molecule has 0 unspecified atom stereocenters. The van der Waals surface area contributed by atoms with Crippen LogP contribution in [0.1, 0.15) is 5.56 Å². The van der Waals surface area contributed by atoms with Gasteiger partial charge in [0.05, 0.1) is 12.9 Å². The van der Waals surface area contributed by atoms with Gasteiger partial charge in [0.25, 0.3) is 10.1 Å². The van der Waals surface area contributed by atoms with E-state index in [1.807, 2.05) is 0 Å². The van der Waals surface area contributed by atoms with Crippen molar-refractivity contribution in [2.45, 2.75) is 6.61 Å². The van der Waals surface area contributed by atoms with Crippen molar-refractivity contribution in [1.82, 2.24) is 10.3 Å². The molecule has 0 amide bonds. The van der Waals surface area contributed by atoms with Crippen LogP contribution in [0.15, 0.2) is 22.8 Å². The Morgan fingerprint density at radius 2 is 2.07 bits per heavy atom. The Morgan fingerprint density at radius 3 is 2.80 bits per heavy atom. The van der Waals surface area contributed by atoms with Crippen LogP contribution in [-0.2, 0) is 20.9 Å². The first-order chi connectivity index (χ1) is 7.04. The summed E-state index contributed by atoms with van der Waals surface area (Å²) in [5.74, 6) is 0. The van der Waals surface area contributed by atoms with Crippen LogP contribution in [0.2, 0.25) is 0 Å². The third-order valence-corrected chi connectivity index (χ3v) is 2.30. The summed E-state index contributed by atoms with van der Waals surface area (Å²) in [5.41, 5.74) is 1.89. The Bertz CT molecular complexity index is 575. The van der Waals surface area contributed by atoms with Gasteiger partial charge in [-0.25, -0.2) is 4.63 Å². The number of fused-ring (bicyclic) bond motifs is 1. The quantitative estimate of drug-likeness (QED) is 0.719. The minimum atomic E-state index is -3.42. The van der Waals surface area contributed by atoms with Gasteiger partial charge in [-0.15, -0.1) is 0 Å². The molecule has 7 heteroatoms. The molecule has 0 aliphatic heterocycles. The first-order valence-electron chi connectivity index (χ1n) is 4.10. The van der Waals surface area contributed by atoms with E-state index in [9.17, 15) is 8.42 Å². The van der Waals surface area contributed by atoms with E-state index < -0.39 is 10.1 Å². The summed E-state index contributed by atoms with van der Waals surface area (Å²) < 4.78 is 30.6. The number of hydrogen-bond donors (Lipinski definition) is 0. The fourth-order valence-corrected chi connectivity index (χ4v) is 1.44. The van der Waals surface area contributed by atoms with Gasteiger partial charge < -0.3 is 0 Å². The van der Waals surface area contributed by atoms with E-state index in [2.05, 4.69) is 19.1 Å². The zero-order valence-corrected chi connectivity index (χ0v) is 8.69. The first-order valence-corrected chi connectivity index (χ1v) is 5.92. The lowest BCUT2D eigenvalue weighted by Crippen LogP contribution is -2.02. The molecule has 0 saturated heterocycles. The fraction of sp³-hybridized carbons (Fsp3) is 0.250. The van der Waals surface area contributed by atoms with Crippen LogP contribution in [-0.4, -0.2) is 25.0 Å². The van der Waals surface area contributed by atoms with Crippen molar-refractivity contribution >= 4 is 21.2 Å². The van der Waals surface area contributed by atoms with Gasteiger partial charge >= 0.3 is 0 Å². The second-order valence-electron chi connectivity index (χ2n) is 3.05. The molecule has 1 heterocycles. The minimum absolute atomic E-state index is 0.0123. The average molecular weight is 228 g/mol. The Labute approximate surface area is 85.9 Å². The molecule has 0 aliphatic carbocycles. The second kappa shape index (κ2) is 3.59. The Hall–Kier alpha value is -1.47. The predicted molar refractivity (Wildman–Crippen MR) is 51.4 cm³/mol. The van der Waals surface area contributed by atoms with E-state index in [0.717, 1.165) is 6.26 Å². The van der Waals surface area contributed by atoms with E-state index in [0.29, 0.717) is 16.6 Å². The molecule has 1 aromatic carbocycles. The molecule has 2 rings (SSSR count). The molecule has 0 radical (unpaired) electrons. The van der Waals surface area contributed by atoms with E-state index >= 15 is 0 Å². The zero-order valence-electron chi connectivity index (χ0n) is 7.87. The van der Waals surface area contributed by atoms with Gasteiger partial charge in [0.1, 0.15) is 11.0 Å². The summed E-state index contributed by atoms with van der Waals surface area (Å²) in [6.07, 6.45) is 1.00. The summed E-state index contributed by atoms with van der Waals surface area (Å²) in [6.45, 7) is -0.0123. The molecular formula is C8H8N2O4S. The van der Waals surface area contributed by atoms with Crippen LogP contribution in [0.5, 0.6) is 0 Å². The number of rotatable bonds is 3. The van der Waals surface area contributed by atoms with Gasteiger partial charge in [-0.1, -0.05) is 6.07 Å². The highest BCUT2D eigenvalue weighted by Gasteiger charge is 2.05. The monoisotopic (exact) mass is 228 g/mol. The van der Waals surface area contributed by atoms with Crippen LogP contribution >= 0.6 is 0 Å². The van der Waals surface area contributed by atoms with Gasteiger partial charge in [-0.3, -0.25) is 4.18 Å². The minimum Gasteiger partial charge on any atom is -0.265 e. The highest BCUT2D eigenvalue weighted by molar-refractivity contribution is 7.85. The van der Waals surface area contributed by atoms with Crippen molar-refractivity contribution < 1.29 is 17.2 Å². The van der Waals surface area contributed by atoms with E-state index in [4.69, 9.17) is 0 Å². The van der Waals surface area contributed by atoms with Crippen molar-refractivity contribution in [3.05, 3.63) is 23.8 Å². The van der Waals surface area contributed by atoms with Crippen molar-refractivity contribution in [3.63, 3.8) is 0 Å². The maximum atomic E-state index is 10.7. The summed E-state index contributed by atoms with van der Waals surface area (Å²) in [7, 11) is -3.42. The van der Waals surface area contributed by atoms with Gasteiger partial charge in [-0.2, -0.15) is 8.42 Å². The molecule has 0 bridgehead atoms. The third-order valence-electron chi connectivity index (χ3n) is 1.76. The van der Waals surface area contributed by atoms with Crippen LogP contribution in [0, 0.1) is 0 Å². The van der Waals surface area contributed by atoms with Crippen LogP contribution in [0.3, 0.4) is 0 Å². The summed E-state index contributed by atoms with van der Waals surface area (Å²) in [6, 6.07) is 5.06. The SMILES string of the molecule is CS(=O)(=O)OCc1ccc2nonc2c1. The summed E-state index contributed by atoms with van der Waals surface area (Å²) >= 11 is 0. The number of nitrogens with zero attached hydrogens (tertiary/aromatic N) is 2. The van der Waals surface area contributed by atoms with E-state index in [1.165, 1.54) is 0 Å². The van der Waals surface area contributed by atoms with Crippen molar-refractivity contribution in [1.29, 1.82) is 0 Å². The van der Waals surface area contributed by atoms with E-state index in [-0.39, 0.29) is 6.61 Å². The second-order valence-corrected chi connectivity index (χ2v) is 4.70. The normalized spacial score (nSPS) is 12.1. The maximum absolute atomic E-state index is 10.7. The largest absolute Gasteiger partial charge is 0.265 e. The average Bonchev–Trinajstić information content (AvgIpc) is 2.60. The third kappa shape index (κ3) is 2.51. The smallest absolute Gasteiger partial charge is 0.264 e. The van der Waals surface area contributed by atoms with E-state index in [1.54, 1.807) is 18.2 Å². The molecular weight excluding hydrogens is 220 g/mol.